The molecule has 1 heterocycles. The van der Waals surface area contributed by atoms with Crippen LogP contribution in [-0.4, -0.2) is 33.6 Å². The van der Waals surface area contributed by atoms with Crippen LogP contribution >= 0.6 is 11.6 Å². The molecule has 1 aliphatic carbocycles. The number of amides is 2. The predicted octanol–water partition coefficient (Wildman–Crippen LogP) is 3.49. The molecule has 134 valence electrons. The van der Waals surface area contributed by atoms with Gasteiger partial charge in [0, 0.05) is 11.9 Å². The smallest absolute Gasteiger partial charge is 0.323 e. The molecule has 0 saturated heterocycles. The lowest BCUT2D eigenvalue weighted by atomic mass is 10.2. The molecule has 7 nitrogen and oxygen atoms in total. The standard InChI is InChI=1S/C17H21ClN4O3/c18-15-9-12(5-6-16(15)25-14-3-1-2-4-14)20-17(24)21-13-10-19-22(11-13)7-8-23/h5-6,9-11,14,23H,1-4,7-8H2,(H2,20,21,24). The summed E-state index contributed by atoms with van der Waals surface area (Å²) in [5.74, 6) is 0.643. The maximum Gasteiger partial charge on any atom is 0.323 e. The topological polar surface area (TPSA) is 88.4 Å². The summed E-state index contributed by atoms with van der Waals surface area (Å²) in [6.45, 7) is 0.364. The lowest BCUT2D eigenvalue weighted by Crippen LogP contribution is -2.19. The number of aliphatic hydroxyl groups excluding tert-OH is 1. The van der Waals surface area contributed by atoms with Crippen LogP contribution in [0.5, 0.6) is 5.75 Å². The van der Waals surface area contributed by atoms with Crippen molar-refractivity contribution < 1.29 is 14.6 Å². The van der Waals surface area contributed by atoms with Gasteiger partial charge in [0.1, 0.15) is 5.75 Å². The third-order valence-electron chi connectivity index (χ3n) is 4.01. The number of aromatic nitrogens is 2. The number of hydrogen-bond acceptors (Lipinski definition) is 4. The van der Waals surface area contributed by atoms with Gasteiger partial charge in [0.2, 0.25) is 0 Å². The van der Waals surface area contributed by atoms with Crippen LogP contribution in [0.3, 0.4) is 0 Å². The quantitative estimate of drug-likeness (QED) is 0.732. The van der Waals surface area contributed by atoms with Crippen molar-refractivity contribution in [2.24, 2.45) is 0 Å². The number of nitrogens with zero attached hydrogens (tertiary/aromatic N) is 2. The molecule has 8 heteroatoms. The largest absolute Gasteiger partial charge is 0.489 e. The molecular formula is C17H21ClN4O3. The predicted molar refractivity (Wildman–Crippen MR) is 96.3 cm³/mol. The fourth-order valence-corrected chi connectivity index (χ4v) is 3.03. The first-order valence-electron chi connectivity index (χ1n) is 8.31. The minimum Gasteiger partial charge on any atom is -0.489 e. The number of halogens is 1. The lowest BCUT2D eigenvalue weighted by molar-refractivity contribution is 0.210. The van der Waals surface area contributed by atoms with Gasteiger partial charge in [-0.15, -0.1) is 0 Å². The molecule has 25 heavy (non-hydrogen) atoms. The number of aliphatic hydroxyl groups is 1. The molecule has 1 aromatic heterocycles. The average Bonchev–Trinajstić information content (AvgIpc) is 3.22. The summed E-state index contributed by atoms with van der Waals surface area (Å²) in [5.41, 5.74) is 1.11. The summed E-state index contributed by atoms with van der Waals surface area (Å²) >= 11 is 6.26. The Balaban J connectivity index is 1.56. The van der Waals surface area contributed by atoms with Crippen LogP contribution < -0.4 is 15.4 Å². The van der Waals surface area contributed by atoms with Gasteiger partial charge < -0.3 is 20.5 Å². The number of nitrogens with one attached hydrogen (secondary N) is 2. The summed E-state index contributed by atoms with van der Waals surface area (Å²) in [5, 5.41) is 18.7. The van der Waals surface area contributed by atoms with Crippen LogP contribution in [-0.2, 0) is 6.54 Å². The highest BCUT2D eigenvalue weighted by atomic mass is 35.5. The molecule has 1 aromatic carbocycles. The maximum absolute atomic E-state index is 12.0. The second-order valence-corrected chi connectivity index (χ2v) is 6.37. The van der Waals surface area contributed by atoms with E-state index in [0.717, 1.165) is 12.8 Å². The number of carbonyl (C=O) groups excluding carboxylic acids is 1. The van der Waals surface area contributed by atoms with Crippen LogP contribution in [0.4, 0.5) is 16.2 Å². The molecule has 1 fully saturated rings. The van der Waals surface area contributed by atoms with Gasteiger partial charge in [0.05, 0.1) is 36.2 Å². The molecule has 3 N–H and O–H groups in total. The van der Waals surface area contributed by atoms with Crippen LogP contribution in [0.2, 0.25) is 5.02 Å². The first-order valence-corrected chi connectivity index (χ1v) is 8.69. The van der Waals surface area contributed by atoms with Crippen LogP contribution in [0.25, 0.3) is 0 Å². The Kier molecular flexibility index (Phi) is 5.78. The fourth-order valence-electron chi connectivity index (χ4n) is 2.81. The van der Waals surface area contributed by atoms with Crippen molar-refractivity contribution in [1.29, 1.82) is 0 Å². The van der Waals surface area contributed by atoms with Gasteiger partial charge in [-0.25, -0.2) is 4.79 Å². The SMILES string of the molecule is O=C(Nc1ccc(OC2CCCC2)c(Cl)c1)Nc1cnn(CCO)c1. The van der Waals surface area contributed by atoms with Gasteiger partial charge in [0.15, 0.2) is 0 Å². The van der Waals surface area contributed by atoms with E-state index >= 15 is 0 Å². The molecule has 0 spiro atoms. The first-order chi connectivity index (χ1) is 12.1. The molecule has 0 radical (unpaired) electrons. The zero-order valence-electron chi connectivity index (χ0n) is 13.7. The molecule has 2 amide bonds. The van der Waals surface area contributed by atoms with Gasteiger partial charge in [-0.05, 0) is 43.9 Å². The van der Waals surface area contributed by atoms with Crippen molar-refractivity contribution in [1.82, 2.24) is 9.78 Å². The van der Waals surface area contributed by atoms with E-state index in [2.05, 4.69) is 15.7 Å². The molecule has 0 bridgehead atoms. The molecule has 1 saturated carbocycles. The number of ether oxygens (including phenoxy) is 1. The van der Waals surface area contributed by atoms with E-state index in [1.807, 2.05) is 0 Å². The fraction of sp³-hybridized carbons (Fsp3) is 0.412. The summed E-state index contributed by atoms with van der Waals surface area (Å²) < 4.78 is 7.44. The average molecular weight is 365 g/mol. The monoisotopic (exact) mass is 364 g/mol. The number of rotatable bonds is 6. The minimum atomic E-state index is -0.399. The van der Waals surface area contributed by atoms with E-state index in [-0.39, 0.29) is 12.7 Å². The Bertz CT molecular complexity index is 728. The van der Waals surface area contributed by atoms with E-state index in [4.69, 9.17) is 21.4 Å². The summed E-state index contributed by atoms with van der Waals surface area (Å²) in [7, 11) is 0. The highest BCUT2D eigenvalue weighted by Crippen LogP contribution is 2.31. The number of carbonyl (C=O) groups is 1. The molecule has 0 unspecified atom stereocenters. The Morgan fingerprint density at radius 2 is 2.08 bits per heavy atom. The highest BCUT2D eigenvalue weighted by molar-refractivity contribution is 6.32. The molecule has 0 atom stereocenters. The second kappa shape index (κ2) is 8.22. The normalized spacial score (nSPS) is 14.5. The van der Waals surface area contributed by atoms with Gasteiger partial charge in [-0.2, -0.15) is 5.10 Å². The maximum atomic E-state index is 12.0. The van der Waals surface area contributed by atoms with Crippen molar-refractivity contribution in [3.63, 3.8) is 0 Å². The van der Waals surface area contributed by atoms with E-state index in [0.29, 0.717) is 28.7 Å². The second-order valence-electron chi connectivity index (χ2n) is 5.96. The summed E-state index contributed by atoms with van der Waals surface area (Å²) in [6, 6.07) is 4.80. The Labute approximate surface area is 150 Å². The third-order valence-corrected chi connectivity index (χ3v) is 4.30. The van der Waals surface area contributed by atoms with Gasteiger partial charge in [-0.1, -0.05) is 11.6 Å². The van der Waals surface area contributed by atoms with E-state index in [9.17, 15) is 4.79 Å². The molecule has 1 aliphatic rings. The first kappa shape index (κ1) is 17.6. The van der Waals surface area contributed by atoms with Crippen molar-refractivity contribution in [3.8, 4) is 5.75 Å². The number of hydrogen-bond donors (Lipinski definition) is 3. The van der Waals surface area contributed by atoms with Gasteiger partial charge in [0.25, 0.3) is 0 Å². The summed E-state index contributed by atoms with van der Waals surface area (Å²) in [4.78, 5) is 12.0. The Morgan fingerprint density at radius 3 is 2.80 bits per heavy atom. The van der Waals surface area contributed by atoms with Gasteiger partial charge >= 0.3 is 6.03 Å². The van der Waals surface area contributed by atoms with E-state index < -0.39 is 6.03 Å². The lowest BCUT2D eigenvalue weighted by Gasteiger charge is -2.15. The number of benzene rings is 1. The Morgan fingerprint density at radius 1 is 1.32 bits per heavy atom. The molecule has 0 aliphatic heterocycles. The molecule has 3 rings (SSSR count). The van der Waals surface area contributed by atoms with Crippen LogP contribution in [0.15, 0.2) is 30.6 Å². The van der Waals surface area contributed by atoms with Crippen LogP contribution in [0.1, 0.15) is 25.7 Å². The van der Waals surface area contributed by atoms with Crippen molar-refractivity contribution >= 4 is 29.0 Å². The van der Waals surface area contributed by atoms with Crippen molar-refractivity contribution in [2.75, 3.05) is 17.2 Å². The van der Waals surface area contributed by atoms with Crippen molar-refractivity contribution in [2.45, 2.75) is 38.3 Å². The third kappa shape index (κ3) is 4.87. The number of urea groups is 1. The minimum absolute atomic E-state index is 0.0128. The van der Waals surface area contributed by atoms with Crippen molar-refractivity contribution in [3.05, 3.63) is 35.6 Å². The number of anilines is 2. The summed E-state index contributed by atoms with van der Waals surface area (Å²) in [6.07, 6.45) is 7.89. The zero-order chi connectivity index (χ0) is 17.6. The Hall–Kier alpha value is -2.25. The van der Waals surface area contributed by atoms with E-state index in [1.165, 1.54) is 19.0 Å². The van der Waals surface area contributed by atoms with E-state index in [1.54, 1.807) is 29.1 Å². The highest BCUT2D eigenvalue weighted by Gasteiger charge is 2.18. The van der Waals surface area contributed by atoms with Gasteiger partial charge in [-0.3, -0.25) is 4.68 Å². The zero-order valence-corrected chi connectivity index (χ0v) is 14.5. The van der Waals surface area contributed by atoms with Crippen LogP contribution in [0, 0.1) is 0 Å². The molecular weight excluding hydrogens is 344 g/mol. The molecule has 2 aromatic rings.